The third kappa shape index (κ3) is 2.68. The van der Waals surface area contributed by atoms with Crippen molar-refractivity contribution in [1.82, 2.24) is 0 Å². The lowest BCUT2D eigenvalue weighted by Gasteiger charge is -2.28. The molecule has 0 bridgehead atoms. The molecule has 0 radical (unpaired) electrons. The molecule has 6 heteroatoms. The van der Waals surface area contributed by atoms with Crippen molar-refractivity contribution in [2.45, 2.75) is 12.5 Å². The summed E-state index contributed by atoms with van der Waals surface area (Å²) < 4.78 is 24.2. The van der Waals surface area contributed by atoms with Crippen LogP contribution < -0.4 is 11.5 Å². The number of ether oxygens (including phenoxy) is 2. The van der Waals surface area contributed by atoms with Crippen LogP contribution in [0.2, 0.25) is 0 Å². The summed E-state index contributed by atoms with van der Waals surface area (Å²) in [5, 5.41) is 0. The molecule has 1 atom stereocenters. The Hall–Kier alpha value is -2.08. The van der Waals surface area contributed by atoms with Crippen molar-refractivity contribution in [2.75, 3.05) is 19.5 Å². The molecule has 1 aromatic rings. The van der Waals surface area contributed by atoms with Gasteiger partial charge in [0.25, 0.3) is 6.02 Å². The second-order valence-corrected chi connectivity index (χ2v) is 4.48. The summed E-state index contributed by atoms with van der Waals surface area (Å²) in [7, 11) is 1.53. The highest BCUT2D eigenvalue weighted by molar-refractivity contribution is 5.75. The zero-order valence-corrected chi connectivity index (χ0v) is 10.8. The number of amidine groups is 1. The molecule has 1 heterocycles. The summed E-state index contributed by atoms with van der Waals surface area (Å²) >= 11 is 0. The first-order valence-electron chi connectivity index (χ1n) is 5.74. The molecule has 102 valence electrons. The zero-order chi connectivity index (χ0) is 14.0. The Balaban J connectivity index is 2.50. The third-order valence-electron chi connectivity index (χ3n) is 2.84. The summed E-state index contributed by atoms with van der Waals surface area (Å²) in [5.74, 6) is 0.0856. The van der Waals surface area contributed by atoms with Crippen LogP contribution in [-0.2, 0) is 15.0 Å². The number of rotatable bonds is 3. The van der Waals surface area contributed by atoms with E-state index in [0.717, 1.165) is 0 Å². The van der Waals surface area contributed by atoms with Crippen LogP contribution in [0.3, 0.4) is 0 Å². The van der Waals surface area contributed by atoms with Crippen LogP contribution >= 0.6 is 0 Å². The average Bonchev–Trinajstić information content (AvgIpc) is 2.31. The zero-order valence-electron chi connectivity index (χ0n) is 10.8. The normalized spacial score (nSPS) is 22.5. The van der Waals surface area contributed by atoms with E-state index in [1.54, 1.807) is 19.1 Å². The molecule has 5 nitrogen and oxygen atoms in total. The number of hydrogen-bond donors (Lipinski definition) is 2. The van der Waals surface area contributed by atoms with Crippen molar-refractivity contribution in [3.05, 3.63) is 41.4 Å². The molecule has 19 heavy (non-hydrogen) atoms. The minimum atomic E-state index is -0.963. The van der Waals surface area contributed by atoms with E-state index in [1.165, 1.54) is 19.2 Å². The van der Waals surface area contributed by atoms with Crippen molar-refractivity contribution in [3.63, 3.8) is 0 Å². The van der Waals surface area contributed by atoms with E-state index in [0.29, 0.717) is 17.0 Å². The van der Waals surface area contributed by atoms with Crippen LogP contribution in [-0.4, -0.2) is 19.7 Å². The Bertz CT molecular complexity index is 557. The van der Waals surface area contributed by atoms with Crippen molar-refractivity contribution in [1.29, 1.82) is 0 Å². The van der Waals surface area contributed by atoms with E-state index in [-0.39, 0.29) is 12.6 Å². The lowest BCUT2D eigenvalue weighted by atomic mass is 9.90. The molecule has 0 spiro atoms. The quantitative estimate of drug-likeness (QED) is 0.811. The lowest BCUT2D eigenvalue weighted by molar-refractivity contribution is 0.179. The highest BCUT2D eigenvalue weighted by atomic mass is 19.1. The number of aliphatic imine (C=N–C) groups is 1. The Morgan fingerprint density at radius 3 is 2.84 bits per heavy atom. The van der Waals surface area contributed by atoms with Crippen molar-refractivity contribution < 1.29 is 13.9 Å². The SMILES string of the molecule is COCC1=CC(C)(c2cc(N)ccc2F)N=C(N)O1. The summed E-state index contributed by atoms with van der Waals surface area (Å²) in [6.45, 7) is 1.96. The summed E-state index contributed by atoms with van der Waals surface area (Å²) in [5.41, 5.74) is 11.2. The van der Waals surface area contributed by atoms with Gasteiger partial charge in [0.05, 0.1) is 0 Å². The first kappa shape index (κ1) is 13.4. The summed E-state index contributed by atoms with van der Waals surface area (Å²) in [4.78, 5) is 4.16. The number of anilines is 1. The number of benzene rings is 1. The molecule has 1 aliphatic heterocycles. The molecule has 1 aliphatic rings. The van der Waals surface area contributed by atoms with Crippen LogP contribution in [0.1, 0.15) is 12.5 Å². The van der Waals surface area contributed by atoms with Gasteiger partial charge in [-0.15, -0.1) is 0 Å². The molecule has 4 N–H and O–H groups in total. The van der Waals surface area contributed by atoms with Crippen LogP contribution in [0.25, 0.3) is 0 Å². The molecular formula is C13H16FN3O2. The number of nitrogens with zero attached hydrogens (tertiary/aromatic N) is 1. The largest absolute Gasteiger partial charge is 0.429 e. The predicted octanol–water partition coefficient (Wildman–Crippen LogP) is 1.50. The van der Waals surface area contributed by atoms with E-state index in [1.807, 2.05) is 0 Å². The molecule has 0 saturated carbocycles. The topological polar surface area (TPSA) is 82.9 Å². The number of nitrogen functional groups attached to an aromatic ring is 1. The smallest absolute Gasteiger partial charge is 0.288 e. The Labute approximate surface area is 110 Å². The fourth-order valence-electron chi connectivity index (χ4n) is 2.04. The van der Waals surface area contributed by atoms with Gasteiger partial charge in [-0.3, -0.25) is 0 Å². The second kappa shape index (κ2) is 4.89. The standard InChI is InChI=1S/C13H16FN3O2/c1-13(10-5-8(15)3-4-11(10)14)6-9(7-18-2)19-12(16)17-13/h3-6H,7,15H2,1-2H3,(H2,16,17). The highest BCUT2D eigenvalue weighted by Gasteiger charge is 2.32. The van der Waals surface area contributed by atoms with E-state index in [2.05, 4.69) is 4.99 Å². The molecule has 2 rings (SSSR count). The monoisotopic (exact) mass is 265 g/mol. The third-order valence-corrected chi connectivity index (χ3v) is 2.84. The van der Waals surface area contributed by atoms with E-state index in [4.69, 9.17) is 20.9 Å². The van der Waals surface area contributed by atoms with Crippen molar-refractivity contribution in [2.24, 2.45) is 10.7 Å². The molecule has 0 aromatic heterocycles. The van der Waals surface area contributed by atoms with Gasteiger partial charge < -0.3 is 20.9 Å². The first-order valence-corrected chi connectivity index (χ1v) is 5.74. The maximum Gasteiger partial charge on any atom is 0.288 e. The Morgan fingerprint density at radius 2 is 2.16 bits per heavy atom. The summed E-state index contributed by atoms with van der Waals surface area (Å²) in [6, 6.07) is 4.31. The second-order valence-electron chi connectivity index (χ2n) is 4.48. The maximum absolute atomic E-state index is 14.0. The van der Waals surface area contributed by atoms with E-state index >= 15 is 0 Å². The molecule has 0 amide bonds. The van der Waals surface area contributed by atoms with Crippen molar-refractivity contribution in [3.8, 4) is 0 Å². The van der Waals surface area contributed by atoms with Crippen molar-refractivity contribution >= 4 is 11.7 Å². The number of halogens is 1. The minimum absolute atomic E-state index is 0.0288. The maximum atomic E-state index is 14.0. The predicted molar refractivity (Wildman–Crippen MR) is 70.8 cm³/mol. The van der Waals surface area contributed by atoms with Gasteiger partial charge in [0.2, 0.25) is 0 Å². The molecule has 0 fully saturated rings. The van der Waals surface area contributed by atoms with E-state index in [9.17, 15) is 4.39 Å². The van der Waals surface area contributed by atoms with Gasteiger partial charge in [0, 0.05) is 18.4 Å². The minimum Gasteiger partial charge on any atom is -0.429 e. The first-order chi connectivity index (χ1) is 8.94. The van der Waals surface area contributed by atoms with Crippen LogP contribution in [0.15, 0.2) is 35.0 Å². The molecule has 0 saturated heterocycles. The lowest BCUT2D eigenvalue weighted by Crippen LogP contribution is -2.31. The number of methoxy groups -OCH3 is 1. The van der Waals surface area contributed by atoms with Crippen LogP contribution in [0.4, 0.5) is 10.1 Å². The molecule has 1 unspecified atom stereocenters. The fraction of sp³-hybridized carbons (Fsp3) is 0.308. The van der Waals surface area contributed by atoms with Gasteiger partial charge in [0.1, 0.15) is 23.7 Å². The van der Waals surface area contributed by atoms with Gasteiger partial charge in [0.15, 0.2) is 0 Å². The highest BCUT2D eigenvalue weighted by Crippen LogP contribution is 2.34. The average molecular weight is 265 g/mol. The summed E-state index contributed by atoms with van der Waals surface area (Å²) in [6.07, 6.45) is 1.67. The molecule has 1 aromatic carbocycles. The number of nitrogens with two attached hydrogens (primary N) is 2. The Morgan fingerprint density at radius 1 is 1.42 bits per heavy atom. The van der Waals surface area contributed by atoms with Gasteiger partial charge in [-0.05, 0) is 31.2 Å². The van der Waals surface area contributed by atoms with Crippen LogP contribution in [0.5, 0.6) is 0 Å². The number of hydrogen-bond acceptors (Lipinski definition) is 5. The van der Waals surface area contributed by atoms with Gasteiger partial charge in [-0.25, -0.2) is 9.38 Å². The Kier molecular flexibility index (Phi) is 3.44. The van der Waals surface area contributed by atoms with Gasteiger partial charge in [-0.2, -0.15) is 0 Å². The van der Waals surface area contributed by atoms with E-state index < -0.39 is 11.4 Å². The van der Waals surface area contributed by atoms with Crippen LogP contribution in [0, 0.1) is 5.82 Å². The fourth-order valence-corrected chi connectivity index (χ4v) is 2.04. The molecule has 0 aliphatic carbocycles. The van der Waals surface area contributed by atoms with Gasteiger partial charge in [-0.1, -0.05) is 0 Å². The molecular weight excluding hydrogens is 249 g/mol. The van der Waals surface area contributed by atoms with Gasteiger partial charge >= 0.3 is 0 Å².